The Morgan fingerprint density at radius 2 is 2.12 bits per heavy atom. The number of rotatable bonds is 5. The number of halogens is 1. The van der Waals surface area contributed by atoms with Crippen molar-refractivity contribution in [2.75, 3.05) is 14.1 Å². The normalized spacial score (nSPS) is 11.5. The zero-order valence-corrected chi connectivity index (χ0v) is 14.4. The van der Waals surface area contributed by atoms with E-state index in [9.17, 15) is 18.4 Å². The quantitative estimate of drug-likeness (QED) is 0.441. The van der Waals surface area contributed by atoms with Gasteiger partial charge >= 0.3 is 11.8 Å². The van der Waals surface area contributed by atoms with Gasteiger partial charge in [0.15, 0.2) is 6.61 Å². The molecule has 2 aromatic rings. The lowest BCUT2D eigenvalue weighted by Crippen LogP contribution is -2.33. The number of sulfonamides is 1. The molecule has 10 heteroatoms. The third kappa shape index (κ3) is 3.81. The van der Waals surface area contributed by atoms with Crippen molar-refractivity contribution in [1.82, 2.24) is 9.29 Å². The highest BCUT2D eigenvalue weighted by atomic mass is 35.5. The summed E-state index contributed by atoms with van der Waals surface area (Å²) >= 11 is 5.94. The average Bonchev–Trinajstić information content (AvgIpc) is 2.54. The molecule has 1 heterocycles. The van der Waals surface area contributed by atoms with Crippen molar-refractivity contribution in [3.05, 3.63) is 58.3 Å². The lowest BCUT2D eigenvalue weighted by molar-refractivity contribution is -0.620. The van der Waals surface area contributed by atoms with Gasteiger partial charge in [0.05, 0.1) is 21.7 Å². The number of ether oxygens (including phenoxy) is 1. The van der Waals surface area contributed by atoms with Crippen LogP contribution in [0.3, 0.4) is 0 Å². The minimum Gasteiger partial charge on any atom is -0.711 e. The lowest BCUT2D eigenvalue weighted by atomic mass is 10.2. The number of aromatic nitrogens is 2. The summed E-state index contributed by atoms with van der Waals surface area (Å²) in [5.74, 6) is -0.875. The van der Waals surface area contributed by atoms with Gasteiger partial charge in [-0.1, -0.05) is 11.6 Å². The molecule has 0 saturated carbocycles. The first-order chi connectivity index (χ1) is 11.2. The molecule has 8 nitrogen and oxygen atoms in total. The van der Waals surface area contributed by atoms with Crippen LogP contribution in [-0.4, -0.2) is 37.8 Å². The van der Waals surface area contributed by atoms with Gasteiger partial charge in [-0.25, -0.2) is 22.2 Å². The molecule has 0 aliphatic rings. The van der Waals surface area contributed by atoms with E-state index in [2.05, 4.69) is 4.98 Å². The van der Waals surface area contributed by atoms with Crippen LogP contribution < -0.4 is 4.73 Å². The highest BCUT2D eigenvalue weighted by Crippen LogP contribution is 2.23. The molecule has 0 unspecified atom stereocenters. The van der Waals surface area contributed by atoms with Gasteiger partial charge in [-0.3, -0.25) is 0 Å². The van der Waals surface area contributed by atoms with Crippen molar-refractivity contribution < 1.29 is 22.7 Å². The average molecular weight is 372 g/mol. The zero-order valence-electron chi connectivity index (χ0n) is 12.8. The maximum absolute atomic E-state index is 12.1. The second-order valence-electron chi connectivity index (χ2n) is 4.87. The Labute approximate surface area is 143 Å². The van der Waals surface area contributed by atoms with Crippen LogP contribution >= 0.6 is 11.6 Å². The van der Waals surface area contributed by atoms with E-state index in [0.717, 1.165) is 10.4 Å². The van der Waals surface area contributed by atoms with Crippen LogP contribution in [0.4, 0.5) is 0 Å². The van der Waals surface area contributed by atoms with Crippen LogP contribution in [-0.2, 0) is 21.4 Å². The highest BCUT2D eigenvalue weighted by molar-refractivity contribution is 7.89. The fourth-order valence-corrected chi connectivity index (χ4v) is 2.85. The number of hydrogen-bond acceptors (Lipinski definition) is 6. The number of carbonyl (C=O) groups is 1. The monoisotopic (exact) mass is 371 g/mol. The molecule has 1 aromatic heterocycles. The van der Waals surface area contributed by atoms with Gasteiger partial charge in [0.1, 0.15) is 6.20 Å². The largest absolute Gasteiger partial charge is 0.711 e. The third-order valence-electron chi connectivity index (χ3n) is 3.05. The van der Waals surface area contributed by atoms with E-state index in [1.54, 1.807) is 0 Å². The van der Waals surface area contributed by atoms with Crippen molar-refractivity contribution in [2.45, 2.75) is 11.5 Å². The Hall–Kier alpha value is -2.23. The molecule has 24 heavy (non-hydrogen) atoms. The van der Waals surface area contributed by atoms with Crippen molar-refractivity contribution in [1.29, 1.82) is 0 Å². The van der Waals surface area contributed by atoms with Crippen LogP contribution in [0.15, 0.2) is 41.6 Å². The Balaban J connectivity index is 2.25. The minimum atomic E-state index is -3.72. The standard InChI is InChI=1S/C14H14ClN3O5S/c1-17(2)24(21,22)10-4-5-12(15)11(8-10)14(19)23-9-13-16-6-3-7-18(13)20/h3-8H,9H2,1-2H3. The van der Waals surface area contributed by atoms with E-state index in [4.69, 9.17) is 16.3 Å². The molecule has 0 aliphatic heterocycles. The summed E-state index contributed by atoms with van der Waals surface area (Å²) in [6, 6.07) is 5.15. The molecule has 0 fully saturated rings. The van der Waals surface area contributed by atoms with E-state index in [-0.39, 0.29) is 27.9 Å². The van der Waals surface area contributed by atoms with Gasteiger partial charge in [0, 0.05) is 20.2 Å². The van der Waals surface area contributed by atoms with Gasteiger partial charge < -0.3 is 9.94 Å². The molecule has 0 radical (unpaired) electrons. The molecule has 1 aromatic carbocycles. The van der Waals surface area contributed by atoms with Crippen LogP contribution in [0.2, 0.25) is 5.02 Å². The lowest BCUT2D eigenvalue weighted by Gasteiger charge is -2.13. The van der Waals surface area contributed by atoms with Crippen molar-refractivity contribution in [3.8, 4) is 0 Å². The molecule has 0 bridgehead atoms. The van der Waals surface area contributed by atoms with E-state index < -0.39 is 16.0 Å². The van der Waals surface area contributed by atoms with Crippen LogP contribution in [0.1, 0.15) is 16.2 Å². The fourth-order valence-electron chi connectivity index (χ4n) is 1.73. The van der Waals surface area contributed by atoms with Crippen molar-refractivity contribution >= 4 is 27.6 Å². The first kappa shape index (κ1) is 18.1. The van der Waals surface area contributed by atoms with Crippen LogP contribution in [0, 0.1) is 5.21 Å². The predicted octanol–water partition coefficient (Wildman–Crippen LogP) is 0.976. The Kier molecular flexibility index (Phi) is 5.37. The van der Waals surface area contributed by atoms with Crippen LogP contribution in [0.5, 0.6) is 0 Å². The molecular weight excluding hydrogens is 358 g/mol. The van der Waals surface area contributed by atoms with Gasteiger partial charge in [0.2, 0.25) is 10.0 Å². The van der Waals surface area contributed by atoms with E-state index in [0.29, 0.717) is 4.73 Å². The van der Waals surface area contributed by atoms with E-state index in [1.807, 2.05) is 0 Å². The van der Waals surface area contributed by atoms with Crippen molar-refractivity contribution in [2.24, 2.45) is 0 Å². The molecular formula is C14H14ClN3O5S. The minimum absolute atomic E-state index is 0.0148. The number of benzene rings is 1. The molecule has 0 N–H and O–H groups in total. The maximum atomic E-state index is 12.1. The Bertz CT molecular complexity index is 870. The number of nitrogens with zero attached hydrogens (tertiary/aromatic N) is 3. The van der Waals surface area contributed by atoms with Crippen LogP contribution in [0.25, 0.3) is 0 Å². The topological polar surface area (TPSA) is 104 Å². The van der Waals surface area contributed by atoms with Crippen molar-refractivity contribution in [3.63, 3.8) is 0 Å². The Morgan fingerprint density at radius 3 is 2.75 bits per heavy atom. The molecule has 0 atom stereocenters. The third-order valence-corrected chi connectivity index (χ3v) is 5.19. The summed E-state index contributed by atoms with van der Waals surface area (Å²) in [6.45, 7) is -0.371. The Morgan fingerprint density at radius 1 is 1.42 bits per heavy atom. The van der Waals surface area contributed by atoms with Gasteiger partial charge in [-0.05, 0) is 23.2 Å². The smallest absolute Gasteiger partial charge is 0.340 e. The van der Waals surface area contributed by atoms with Gasteiger partial charge in [-0.2, -0.15) is 0 Å². The molecule has 0 aliphatic carbocycles. The second-order valence-corrected chi connectivity index (χ2v) is 7.43. The summed E-state index contributed by atoms with van der Waals surface area (Å²) in [6.07, 6.45) is 2.60. The molecule has 2 rings (SSSR count). The fraction of sp³-hybridized carbons (Fsp3) is 0.214. The zero-order chi connectivity index (χ0) is 17.9. The number of carbonyl (C=O) groups excluding carboxylic acids is 1. The first-order valence-corrected chi connectivity index (χ1v) is 8.47. The van der Waals surface area contributed by atoms with E-state index in [1.165, 1.54) is 44.7 Å². The summed E-state index contributed by atoms with van der Waals surface area (Å²) < 4.78 is 30.7. The molecule has 0 saturated heterocycles. The van der Waals surface area contributed by atoms with Gasteiger partial charge in [-0.15, -0.1) is 0 Å². The summed E-state index contributed by atoms with van der Waals surface area (Å²) in [5.41, 5.74) is -0.118. The highest BCUT2D eigenvalue weighted by Gasteiger charge is 2.22. The number of esters is 1. The molecule has 0 amide bonds. The number of hydrogen-bond donors (Lipinski definition) is 0. The second kappa shape index (κ2) is 7.12. The molecule has 128 valence electrons. The van der Waals surface area contributed by atoms with Gasteiger partial charge in [0.25, 0.3) is 0 Å². The summed E-state index contributed by atoms with van der Waals surface area (Å²) in [4.78, 5) is 15.8. The first-order valence-electron chi connectivity index (χ1n) is 6.65. The molecule has 0 spiro atoms. The van der Waals surface area contributed by atoms with E-state index >= 15 is 0 Å². The summed E-state index contributed by atoms with van der Waals surface area (Å²) in [7, 11) is -0.981. The summed E-state index contributed by atoms with van der Waals surface area (Å²) in [5, 5.41) is 11.5. The SMILES string of the molecule is CN(C)S(=O)(=O)c1ccc(Cl)c(C(=O)OCc2nccc[n+]2[O-])c1. The predicted molar refractivity (Wildman–Crippen MR) is 84.6 cm³/mol. The maximum Gasteiger partial charge on any atom is 0.340 e.